The molecule has 2 rings (SSSR count). The normalized spacial score (nSPS) is 11.0. The Hall–Kier alpha value is -1.62. The molecule has 0 saturated carbocycles. The molecule has 0 aliphatic carbocycles. The SMILES string of the molecule is CCn1nc(C)cc1CNCc1ccn(C)n1. The molecule has 0 radical (unpaired) electrons. The molecule has 0 unspecified atom stereocenters. The lowest BCUT2D eigenvalue weighted by Gasteiger charge is -2.05. The van der Waals surface area contributed by atoms with E-state index < -0.39 is 0 Å². The molecule has 0 spiro atoms. The third-order valence-corrected chi connectivity index (χ3v) is 2.67. The second-order valence-corrected chi connectivity index (χ2v) is 4.18. The summed E-state index contributed by atoms with van der Waals surface area (Å²) >= 11 is 0. The Labute approximate surface area is 101 Å². The van der Waals surface area contributed by atoms with Crippen molar-refractivity contribution in [1.82, 2.24) is 24.9 Å². The molecule has 2 aromatic rings. The van der Waals surface area contributed by atoms with Gasteiger partial charge in [-0.3, -0.25) is 9.36 Å². The van der Waals surface area contributed by atoms with E-state index >= 15 is 0 Å². The van der Waals surface area contributed by atoms with Crippen molar-refractivity contribution in [2.45, 2.75) is 33.5 Å². The van der Waals surface area contributed by atoms with Crippen molar-refractivity contribution in [3.05, 3.63) is 35.4 Å². The highest BCUT2D eigenvalue weighted by atomic mass is 15.3. The van der Waals surface area contributed by atoms with Crippen molar-refractivity contribution in [2.75, 3.05) is 0 Å². The molecule has 0 fully saturated rings. The molecule has 5 heteroatoms. The van der Waals surface area contributed by atoms with E-state index in [1.54, 1.807) is 0 Å². The summed E-state index contributed by atoms with van der Waals surface area (Å²) in [5, 5.41) is 12.1. The van der Waals surface area contributed by atoms with Gasteiger partial charge in [0.05, 0.1) is 17.1 Å². The number of hydrogen-bond acceptors (Lipinski definition) is 3. The molecule has 2 heterocycles. The molecular formula is C12H19N5. The Balaban J connectivity index is 1.89. The minimum absolute atomic E-state index is 0.786. The smallest absolute Gasteiger partial charge is 0.0762 e. The first-order valence-electron chi connectivity index (χ1n) is 5.91. The number of nitrogens with zero attached hydrogens (tertiary/aromatic N) is 4. The van der Waals surface area contributed by atoms with Crippen LogP contribution in [0.25, 0.3) is 0 Å². The van der Waals surface area contributed by atoms with Crippen LogP contribution >= 0.6 is 0 Å². The lowest BCUT2D eigenvalue weighted by Crippen LogP contribution is -2.16. The number of hydrogen-bond donors (Lipinski definition) is 1. The fourth-order valence-electron chi connectivity index (χ4n) is 1.89. The Kier molecular flexibility index (Phi) is 3.58. The molecule has 0 aromatic carbocycles. The summed E-state index contributed by atoms with van der Waals surface area (Å²) in [6.45, 7) is 6.65. The van der Waals surface area contributed by atoms with E-state index in [0.717, 1.165) is 31.0 Å². The first-order valence-corrected chi connectivity index (χ1v) is 5.91. The number of rotatable bonds is 5. The molecule has 0 atom stereocenters. The molecule has 5 nitrogen and oxygen atoms in total. The van der Waals surface area contributed by atoms with Crippen LogP contribution in [0, 0.1) is 6.92 Å². The van der Waals surface area contributed by atoms with Gasteiger partial charge in [-0.15, -0.1) is 0 Å². The third-order valence-electron chi connectivity index (χ3n) is 2.67. The van der Waals surface area contributed by atoms with Gasteiger partial charge < -0.3 is 5.32 Å². The number of aromatic nitrogens is 4. The first-order chi connectivity index (χ1) is 8.19. The van der Waals surface area contributed by atoms with Crippen LogP contribution in [0.4, 0.5) is 0 Å². The second kappa shape index (κ2) is 5.14. The van der Waals surface area contributed by atoms with Gasteiger partial charge >= 0.3 is 0 Å². The summed E-state index contributed by atoms with van der Waals surface area (Å²) in [6.07, 6.45) is 1.96. The minimum atomic E-state index is 0.786. The van der Waals surface area contributed by atoms with E-state index in [1.165, 1.54) is 5.69 Å². The lowest BCUT2D eigenvalue weighted by atomic mass is 10.3. The van der Waals surface area contributed by atoms with Gasteiger partial charge in [0.15, 0.2) is 0 Å². The van der Waals surface area contributed by atoms with Crippen LogP contribution in [-0.4, -0.2) is 19.6 Å². The van der Waals surface area contributed by atoms with Gasteiger partial charge in [-0.1, -0.05) is 0 Å². The third kappa shape index (κ3) is 2.94. The monoisotopic (exact) mass is 233 g/mol. The maximum absolute atomic E-state index is 4.42. The van der Waals surface area contributed by atoms with Crippen molar-refractivity contribution in [3.8, 4) is 0 Å². The lowest BCUT2D eigenvalue weighted by molar-refractivity contribution is 0.573. The van der Waals surface area contributed by atoms with E-state index in [1.807, 2.05) is 35.6 Å². The average molecular weight is 233 g/mol. The second-order valence-electron chi connectivity index (χ2n) is 4.18. The molecule has 0 aliphatic heterocycles. The Morgan fingerprint density at radius 1 is 1.29 bits per heavy atom. The topological polar surface area (TPSA) is 47.7 Å². The first kappa shape index (κ1) is 11.9. The minimum Gasteiger partial charge on any atom is -0.305 e. The van der Waals surface area contributed by atoms with Crippen LogP contribution in [0.3, 0.4) is 0 Å². The summed E-state index contributed by atoms with van der Waals surface area (Å²) in [5.41, 5.74) is 3.36. The van der Waals surface area contributed by atoms with E-state index in [9.17, 15) is 0 Å². The highest BCUT2D eigenvalue weighted by molar-refractivity contribution is 5.09. The molecule has 0 amide bonds. The van der Waals surface area contributed by atoms with Gasteiger partial charge in [0, 0.05) is 32.9 Å². The van der Waals surface area contributed by atoms with Crippen LogP contribution in [0.15, 0.2) is 18.3 Å². The summed E-state index contributed by atoms with van der Waals surface area (Å²) in [7, 11) is 1.93. The largest absolute Gasteiger partial charge is 0.305 e. The fourth-order valence-corrected chi connectivity index (χ4v) is 1.89. The van der Waals surface area contributed by atoms with Gasteiger partial charge in [0.25, 0.3) is 0 Å². The van der Waals surface area contributed by atoms with E-state index in [4.69, 9.17) is 0 Å². The van der Waals surface area contributed by atoms with Crippen LogP contribution in [0.2, 0.25) is 0 Å². The Morgan fingerprint density at radius 2 is 2.12 bits per heavy atom. The summed E-state index contributed by atoms with van der Waals surface area (Å²) in [4.78, 5) is 0. The number of aryl methyl sites for hydroxylation is 3. The Morgan fingerprint density at radius 3 is 2.76 bits per heavy atom. The van der Waals surface area contributed by atoms with Crippen LogP contribution in [-0.2, 0) is 26.7 Å². The highest BCUT2D eigenvalue weighted by Gasteiger charge is 2.03. The van der Waals surface area contributed by atoms with Crippen molar-refractivity contribution >= 4 is 0 Å². The predicted molar refractivity (Wildman–Crippen MR) is 66.4 cm³/mol. The summed E-state index contributed by atoms with van der Waals surface area (Å²) < 4.78 is 3.85. The molecule has 0 aliphatic rings. The van der Waals surface area contributed by atoms with Crippen molar-refractivity contribution in [3.63, 3.8) is 0 Å². The molecule has 0 bridgehead atoms. The molecule has 17 heavy (non-hydrogen) atoms. The fraction of sp³-hybridized carbons (Fsp3) is 0.500. The van der Waals surface area contributed by atoms with Crippen LogP contribution in [0.5, 0.6) is 0 Å². The van der Waals surface area contributed by atoms with Gasteiger partial charge in [-0.2, -0.15) is 10.2 Å². The molecule has 92 valence electrons. The Bertz CT molecular complexity index is 483. The van der Waals surface area contributed by atoms with Crippen molar-refractivity contribution in [1.29, 1.82) is 0 Å². The quantitative estimate of drug-likeness (QED) is 0.845. The molecule has 2 aromatic heterocycles. The maximum Gasteiger partial charge on any atom is 0.0762 e. The zero-order valence-electron chi connectivity index (χ0n) is 10.6. The molecule has 1 N–H and O–H groups in total. The van der Waals surface area contributed by atoms with Crippen LogP contribution in [0.1, 0.15) is 24.0 Å². The van der Waals surface area contributed by atoms with Gasteiger partial charge in [-0.05, 0) is 26.0 Å². The predicted octanol–water partition coefficient (Wildman–Crippen LogP) is 1.23. The van der Waals surface area contributed by atoms with E-state index in [2.05, 4.69) is 28.5 Å². The van der Waals surface area contributed by atoms with Gasteiger partial charge in [0.2, 0.25) is 0 Å². The van der Waals surface area contributed by atoms with Gasteiger partial charge in [0.1, 0.15) is 0 Å². The highest BCUT2D eigenvalue weighted by Crippen LogP contribution is 2.03. The summed E-state index contributed by atoms with van der Waals surface area (Å²) in [5.74, 6) is 0. The zero-order valence-corrected chi connectivity index (χ0v) is 10.6. The van der Waals surface area contributed by atoms with Crippen molar-refractivity contribution in [2.24, 2.45) is 7.05 Å². The van der Waals surface area contributed by atoms with Crippen LogP contribution < -0.4 is 5.32 Å². The number of nitrogens with one attached hydrogen (secondary N) is 1. The summed E-state index contributed by atoms with van der Waals surface area (Å²) in [6, 6.07) is 4.14. The maximum atomic E-state index is 4.42. The van der Waals surface area contributed by atoms with E-state index in [-0.39, 0.29) is 0 Å². The average Bonchev–Trinajstić information content (AvgIpc) is 2.85. The molecular weight excluding hydrogens is 214 g/mol. The zero-order chi connectivity index (χ0) is 12.3. The standard InChI is InChI=1S/C12H19N5/c1-4-17-12(7-10(2)14-17)9-13-8-11-5-6-16(3)15-11/h5-7,13H,4,8-9H2,1-3H3. The van der Waals surface area contributed by atoms with E-state index in [0.29, 0.717) is 0 Å². The van der Waals surface area contributed by atoms with Crippen molar-refractivity contribution < 1.29 is 0 Å². The van der Waals surface area contributed by atoms with Gasteiger partial charge in [-0.25, -0.2) is 0 Å². The molecule has 0 saturated heterocycles.